The minimum atomic E-state index is -0.728. The highest BCUT2D eigenvalue weighted by Crippen LogP contribution is 2.37. The third kappa shape index (κ3) is 2.28. The molecule has 26 heavy (non-hydrogen) atoms. The molecule has 1 aliphatic carbocycles. The highest BCUT2D eigenvalue weighted by Gasteiger charge is 2.29. The van der Waals surface area contributed by atoms with Crippen molar-refractivity contribution < 1.29 is 14.5 Å². The molecule has 4 rings (SSSR count). The van der Waals surface area contributed by atoms with Crippen LogP contribution in [0.3, 0.4) is 0 Å². The first-order valence-electron chi connectivity index (χ1n) is 8.23. The molecule has 0 saturated carbocycles. The van der Waals surface area contributed by atoms with Crippen molar-refractivity contribution in [2.45, 2.75) is 19.3 Å². The fraction of sp³-hybridized carbons (Fsp3) is 0.158. The highest BCUT2D eigenvalue weighted by molar-refractivity contribution is 6.11. The predicted octanol–water partition coefficient (Wildman–Crippen LogP) is 3.16. The van der Waals surface area contributed by atoms with E-state index in [1.165, 1.54) is 18.2 Å². The molecule has 130 valence electrons. The summed E-state index contributed by atoms with van der Waals surface area (Å²) in [7, 11) is 0. The molecule has 0 unspecified atom stereocenters. The van der Waals surface area contributed by atoms with E-state index in [0.717, 1.165) is 16.6 Å². The summed E-state index contributed by atoms with van der Waals surface area (Å²) in [4.78, 5) is 35.0. The normalized spacial score (nSPS) is 13.6. The summed E-state index contributed by atoms with van der Waals surface area (Å²) in [5.74, 6) is -0.674. The maximum atomic E-state index is 12.5. The number of Topliss-reactive ketones (excluding diaryl/α,β-unsaturated/α-hetero) is 1. The van der Waals surface area contributed by atoms with E-state index in [4.69, 9.17) is 5.73 Å². The number of carbonyl (C=O) groups excluding carboxylic acids is 2. The molecular weight excluding hydrogens is 334 g/mol. The molecule has 0 atom stereocenters. The molecule has 3 aromatic rings. The quantitative estimate of drug-likeness (QED) is 0.578. The number of hydrogen-bond acceptors (Lipinski definition) is 4. The van der Waals surface area contributed by atoms with Crippen molar-refractivity contribution in [3.8, 4) is 5.69 Å². The third-order valence-electron chi connectivity index (χ3n) is 4.77. The molecular formula is C19H15N3O4. The van der Waals surface area contributed by atoms with E-state index in [0.29, 0.717) is 30.5 Å². The number of fused-ring (bicyclic) bond motifs is 3. The summed E-state index contributed by atoms with van der Waals surface area (Å²) in [6.07, 6.45) is 1.84. The molecule has 2 N–H and O–H groups in total. The first kappa shape index (κ1) is 16.0. The van der Waals surface area contributed by atoms with Gasteiger partial charge in [0.25, 0.3) is 5.69 Å². The van der Waals surface area contributed by atoms with Crippen LogP contribution in [0.2, 0.25) is 0 Å². The van der Waals surface area contributed by atoms with Crippen LogP contribution in [-0.4, -0.2) is 21.2 Å². The molecule has 7 heteroatoms. The van der Waals surface area contributed by atoms with Gasteiger partial charge in [-0.2, -0.15) is 0 Å². The Bertz CT molecular complexity index is 1100. The van der Waals surface area contributed by atoms with Crippen molar-refractivity contribution in [2.75, 3.05) is 0 Å². The van der Waals surface area contributed by atoms with E-state index >= 15 is 0 Å². The highest BCUT2D eigenvalue weighted by atomic mass is 16.6. The van der Waals surface area contributed by atoms with Crippen LogP contribution in [0.25, 0.3) is 16.6 Å². The molecule has 1 aliphatic rings. The zero-order valence-electron chi connectivity index (χ0n) is 13.8. The summed E-state index contributed by atoms with van der Waals surface area (Å²) >= 11 is 0. The second-order valence-electron chi connectivity index (χ2n) is 6.28. The number of nitrogens with zero attached hydrogens (tertiary/aromatic N) is 2. The number of nitrogens with two attached hydrogens (primary N) is 1. The Morgan fingerprint density at radius 3 is 2.65 bits per heavy atom. The predicted molar refractivity (Wildman–Crippen MR) is 95.7 cm³/mol. The molecule has 1 heterocycles. The van der Waals surface area contributed by atoms with Crippen LogP contribution in [-0.2, 0) is 6.42 Å². The maximum absolute atomic E-state index is 12.5. The lowest BCUT2D eigenvalue weighted by molar-refractivity contribution is -0.384. The molecule has 0 spiro atoms. The van der Waals surface area contributed by atoms with Crippen LogP contribution in [0.1, 0.15) is 39.3 Å². The zero-order valence-corrected chi connectivity index (χ0v) is 13.8. The van der Waals surface area contributed by atoms with Gasteiger partial charge in [-0.05, 0) is 31.0 Å². The number of rotatable bonds is 3. The average Bonchev–Trinajstić information content (AvgIpc) is 2.96. The van der Waals surface area contributed by atoms with Gasteiger partial charge in [-0.15, -0.1) is 0 Å². The van der Waals surface area contributed by atoms with Crippen LogP contribution in [0.15, 0.2) is 42.5 Å². The van der Waals surface area contributed by atoms with E-state index in [9.17, 15) is 19.7 Å². The van der Waals surface area contributed by atoms with Crippen LogP contribution in [0.4, 0.5) is 5.69 Å². The number of benzene rings is 2. The number of hydrogen-bond donors (Lipinski definition) is 1. The minimum absolute atomic E-state index is 0.0533. The largest absolute Gasteiger partial charge is 0.366 e. The second-order valence-corrected chi connectivity index (χ2v) is 6.28. The van der Waals surface area contributed by atoms with Gasteiger partial charge in [-0.3, -0.25) is 19.7 Å². The number of para-hydroxylation sites is 1. The Labute approximate surface area is 148 Å². The minimum Gasteiger partial charge on any atom is -0.366 e. The van der Waals surface area contributed by atoms with Gasteiger partial charge in [-0.25, -0.2) is 0 Å². The van der Waals surface area contributed by atoms with Crippen molar-refractivity contribution in [2.24, 2.45) is 5.73 Å². The Morgan fingerprint density at radius 2 is 1.92 bits per heavy atom. The Morgan fingerprint density at radius 1 is 1.15 bits per heavy atom. The van der Waals surface area contributed by atoms with Crippen LogP contribution >= 0.6 is 0 Å². The average molecular weight is 349 g/mol. The van der Waals surface area contributed by atoms with E-state index in [2.05, 4.69) is 0 Å². The summed E-state index contributed by atoms with van der Waals surface area (Å²) in [5.41, 5.74) is 7.59. The number of amides is 1. The summed E-state index contributed by atoms with van der Waals surface area (Å²) in [6, 6.07) is 11.5. The summed E-state index contributed by atoms with van der Waals surface area (Å²) in [6.45, 7) is 0. The maximum Gasteiger partial charge on any atom is 0.294 e. The van der Waals surface area contributed by atoms with E-state index in [1.54, 1.807) is 4.57 Å². The number of aromatic nitrogens is 1. The van der Waals surface area contributed by atoms with Crippen LogP contribution in [0.5, 0.6) is 0 Å². The molecule has 7 nitrogen and oxygen atoms in total. The van der Waals surface area contributed by atoms with Crippen LogP contribution < -0.4 is 5.73 Å². The molecule has 1 amide bonds. The number of ketones is 1. The van der Waals surface area contributed by atoms with Gasteiger partial charge in [0.05, 0.1) is 10.4 Å². The molecule has 0 radical (unpaired) electrons. The van der Waals surface area contributed by atoms with Gasteiger partial charge >= 0.3 is 0 Å². The number of nitro groups is 1. The van der Waals surface area contributed by atoms with Crippen molar-refractivity contribution in [1.82, 2.24) is 4.57 Å². The molecule has 0 bridgehead atoms. The molecule has 1 aromatic heterocycles. The summed E-state index contributed by atoms with van der Waals surface area (Å²) in [5, 5.41) is 12.4. The molecule has 0 fully saturated rings. The number of nitro benzene ring substituents is 1. The first-order valence-corrected chi connectivity index (χ1v) is 8.23. The molecule has 0 aliphatic heterocycles. The SMILES string of the molecule is NC(=O)c1ccc(-n2c3c(c4ccccc42)C(=O)CCC3)c([N+](=O)[O-])c1. The van der Waals surface area contributed by atoms with Gasteiger partial charge < -0.3 is 10.3 Å². The van der Waals surface area contributed by atoms with Gasteiger partial charge in [0, 0.05) is 34.7 Å². The van der Waals surface area contributed by atoms with Gasteiger partial charge in [-0.1, -0.05) is 18.2 Å². The number of primary amides is 1. The van der Waals surface area contributed by atoms with Crippen LogP contribution in [0, 0.1) is 10.1 Å². The third-order valence-corrected chi connectivity index (χ3v) is 4.77. The van der Waals surface area contributed by atoms with Crippen molar-refractivity contribution in [3.63, 3.8) is 0 Å². The van der Waals surface area contributed by atoms with Crippen molar-refractivity contribution in [3.05, 3.63) is 69.4 Å². The Kier molecular flexibility index (Phi) is 3.57. The van der Waals surface area contributed by atoms with Gasteiger partial charge in [0.2, 0.25) is 5.91 Å². The lowest BCUT2D eigenvalue weighted by Gasteiger charge is -2.15. The lowest BCUT2D eigenvalue weighted by Crippen LogP contribution is -2.14. The van der Waals surface area contributed by atoms with E-state index < -0.39 is 10.8 Å². The fourth-order valence-corrected chi connectivity index (χ4v) is 3.67. The smallest absolute Gasteiger partial charge is 0.294 e. The topological polar surface area (TPSA) is 108 Å². The fourth-order valence-electron chi connectivity index (χ4n) is 3.67. The van der Waals surface area contributed by atoms with Crippen molar-refractivity contribution in [1.29, 1.82) is 0 Å². The Balaban J connectivity index is 2.09. The Hall–Kier alpha value is -3.48. The first-order chi connectivity index (χ1) is 12.5. The number of carbonyl (C=O) groups is 2. The lowest BCUT2D eigenvalue weighted by atomic mass is 9.94. The standard InChI is InChI=1S/C19H15N3O4/c20-19(24)11-8-9-14(16(10-11)22(25)26)21-13-5-2-1-4-12(13)18-15(21)6-3-7-17(18)23/h1-2,4-5,8-10H,3,6-7H2,(H2,20,24). The molecule has 0 saturated heterocycles. The van der Waals surface area contributed by atoms with Gasteiger partial charge in [0.15, 0.2) is 5.78 Å². The second kappa shape index (κ2) is 5.80. The molecule has 2 aromatic carbocycles. The monoisotopic (exact) mass is 349 g/mol. The van der Waals surface area contributed by atoms with E-state index in [-0.39, 0.29) is 17.0 Å². The van der Waals surface area contributed by atoms with Gasteiger partial charge in [0.1, 0.15) is 5.69 Å². The van der Waals surface area contributed by atoms with E-state index in [1.807, 2.05) is 24.3 Å². The summed E-state index contributed by atoms with van der Waals surface area (Å²) < 4.78 is 1.77. The zero-order chi connectivity index (χ0) is 18.4. The van der Waals surface area contributed by atoms with Crippen molar-refractivity contribution >= 4 is 28.3 Å².